The maximum atomic E-state index is 12.1. The molecule has 3 rings (SSSR count). The van der Waals surface area contributed by atoms with Crippen LogP contribution in [0.2, 0.25) is 0 Å². The maximum absolute atomic E-state index is 12.1. The van der Waals surface area contributed by atoms with E-state index in [2.05, 4.69) is 15.4 Å². The van der Waals surface area contributed by atoms with E-state index in [1.807, 2.05) is 31.2 Å². The van der Waals surface area contributed by atoms with Crippen molar-refractivity contribution in [2.45, 2.75) is 13.5 Å². The van der Waals surface area contributed by atoms with Crippen molar-refractivity contribution in [3.8, 4) is 17.0 Å². The Hall–Kier alpha value is -3.48. The van der Waals surface area contributed by atoms with E-state index in [1.54, 1.807) is 30.6 Å². The second kappa shape index (κ2) is 8.75. The Morgan fingerprint density at radius 2 is 1.81 bits per heavy atom. The van der Waals surface area contributed by atoms with Gasteiger partial charge in [-0.25, -0.2) is 4.68 Å². The molecule has 0 spiro atoms. The van der Waals surface area contributed by atoms with Gasteiger partial charge in [0.25, 0.3) is 5.56 Å². The minimum atomic E-state index is -0.334. The van der Waals surface area contributed by atoms with Crippen LogP contribution in [-0.2, 0) is 11.3 Å². The number of pyridine rings is 1. The highest BCUT2D eigenvalue weighted by molar-refractivity contribution is 5.75. The summed E-state index contributed by atoms with van der Waals surface area (Å²) in [5.74, 6) is 0.446. The molecule has 1 aromatic carbocycles. The zero-order valence-corrected chi connectivity index (χ0v) is 15.0. The summed E-state index contributed by atoms with van der Waals surface area (Å²) < 4.78 is 6.70. The molecule has 7 heteroatoms. The molecule has 3 aromatic rings. The van der Waals surface area contributed by atoms with Gasteiger partial charge < -0.3 is 10.1 Å². The number of nitrogens with zero attached hydrogens (tertiary/aromatic N) is 3. The Morgan fingerprint density at radius 1 is 1.07 bits per heavy atom. The first-order valence-electron chi connectivity index (χ1n) is 8.56. The molecule has 0 radical (unpaired) electrons. The van der Waals surface area contributed by atoms with Crippen LogP contribution < -0.4 is 15.6 Å². The fourth-order valence-corrected chi connectivity index (χ4v) is 2.42. The number of nitrogens with one attached hydrogen (secondary N) is 1. The second-order valence-corrected chi connectivity index (χ2v) is 5.96. The van der Waals surface area contributed by atoms with Crippen LogP contribution in [0.3, 0.4) is 0 Å². The van der Waals surface area contributed by atoms with E-state index < -0.39 is 0 Å². The molecule has 0 bridgehead atoms. The number of carbonyl (C=O) groups excluding carboxylic acids is 1. The summed E-state index contributed by atoms with van der Waals surface area (Å²) >= 11 is 0. The summed E-state index contributed by atoms with van der Waals surface area (Å²) in [7, 11) is 0. The summed E-state index contributed by atoms with van der Waals surface area (Å²) in [4.78, 5) is 28.0. The maximum Gasteiger partial charge on any atom is 0.267 e. The topological polar surface area (TPSA) is 86.1 Å². The fraction of sp³-hybridized carbons (Fsp3) is 0.200. The third-order valence-electron chi connectivity index (χ3n) is 3.85. The number of aromatic nitrogens is 3. The van der Waals surface area contributed by atoms with Crippen molar-refractivity contribution in [3.63, 3.8) is 0 Å². The van der Waals surface area contributed by atoms with E-state index in [9.17, 15) is 9.59 Å². The lowest BCUT2D eigenvalue weighted by molar-refractivity contribution is -0.122. The van der Waals surface area contributed by atoms with Gasteiger partial charge in [0.05, 0.1) is 12.2 Å². The second-order valence-electron chi connectivity index (χ2n) is 5.96. The van der Waals surface area contributed by atoms with Gasteiger partial charge in [0.15, 0.2) is 0 Å². The quantitative estimate of drug-likeness (QED) is 0.646. The molecule has 0 atom stereocenters. The van der Waals surface area contributed by atoms with E-state index in [4.69, 9.17) is 4.74 Å². The molecule has 0 aliphatic rings. The minimum Gasteiger partial charge on any atom is -0.492 e. The largest absolute Gasteiger partial charge is 0.492 e. The number of ether oxygens (including phenoxy) is 1. The summed E-state index contributed by atoms with van der Waals surface area (Å²) in [6.45, 7) is 2.53. The summed E-state index contributed by atoms with van der Waals surface area (Å²) in [5, 5.41) is 6.98. The normalized spacial score (nSPS) is 10.4. The number of hydrogen-bond donors (Lipinski definition) is 1. The van der Waals surface area contributed by atoms with Crippen molar-refractivity contribution in [1.29, 1.82) is 0 Å². The van der Waals surface area contributed by atoms with Crippen LogP contribution >= 0.6 is 0 Å². The Bertz CT molecular complexity index is 953. The third kappa shape index (κ3) is 5.24. The molecule has 2 heterocycles. The molecule has 1 N–H and O–H groups in total. The zero-order valence-electron chi connectivity index (χ0n) is 15.0. The fourth-order valence-electron chi connectivity index (χ4n) is 2.42. The van der Waals surface area contributed by atoms with Gasteiger partial charge in [-0.05, 0) is 37.3 Å². The number of rotatable bonds is 7. The molecule has 7 nitrogen and oxygen atoms in total. The van der Waals surface area contributed by atoms with Crippen LogP contribution in [0.15, 0.2) is 65.7 Å². The third-order valence-corrected chi connectivity index (χ3v) is 3.85. The van der Waals surface area contributed by atoms with Crippen LogP contribution in [0.1, 0.15) is 5.56 Å². The summed E-state index contributed by atoms with van der Waals surface area (Å²) in [6, 6.07) is 14.3. The lowest BCUT2D eigenvalue weighted by atomic mass is 10.2. The SMILES string of the molecule is Cc1ccc(OCCNC(=O)Cn2nc(-c3ccncc3)ccc2=O)cc1. The standard InChI is InChI=1S/C20H20N4O3/c1-15-2-4-17(5-3-15)27-13-12-22-19(25)14-24-20(26)7-6-18(23-24)16-8-10-21-11-9-16/h2-11H,12-14H2,1H3,(H,22,25). The highest BCUT2D eigenvalue weighted by Gasteiger charge is 2.08. The lowest BCUT2D eigenvalue weighted by Crippen LogP contribution is -2.35. The molecule has 0 aliphatic carbocycles. The Balaban J connectivity index is 1.53. The number of carbonyl (C=O) groups is 1. The molecule has 0 saturated heterocycles. The van der Waals surface area contributed by atoms with E-state index in [-0.39, 0.29) is 18.0 Å². The number of amides is 1. The molecule has 2 aromatic heterocycles. The van der Waals surface area contributed by atoms with Crippen LogP contribution in [0.25, 0.3) is 11.3 Å². The van der Waals surface area contributed by atoms with Gasteiger partial charge in [-0.15, -0.1) is 0 Å². The van der Waals surface area contributed by atoms with Gasteiger partial charge in [-0.1, -0.05) is 17.7 Å². The van der Waals surface area contributed by atoms with Crippen LogP contribution in [-0.4, -0.2) is 33.8 Å². The van der Waals surface area contributed by atoms with E-state index in [0.29, 0.717) is 18.8 Å². The number of hydrogen-bond acceptors (Lipinski definition) is 5. The monoisotopic (exact) mass is 364 g/mol. The Labute approximate surface area is 156 Å². The molecular weight excluding hydrogens is 344 g/mol. The van der Waals surface area contributed by atoms with Crippen LogP contribution in [0, 0.1) is 6.92 Å². The molecule has 0 unspecified atom stereocenters. The van der Waals surface area contributed by atoms with Crippen molar-refractivity contribution >= 4 is 5.91 Å². The molecule has 138 valence electrons. The lowest BCUT2D eigenvalue weighted by Gasteiger charge is -2.09. The first-order chi connectivity index (χ1) is 13.1. The highest BCUT2D eigenvalue weighted by Crippen LogP contribution is 2.13. The van der Waals surface area contributed by atoms with E-state index in [0.717, 1.165) is 21.6 Å². The summed E-state index contributed by atoms with van der Waals surface area (Å²) in [5.41, 5.74) is 2.25. The molecule has 27 heavy (non-hydrogen) atoms. The Morgan fingerprint density at radius 3 is 2.56 bits per heavy atom. The first kappa shape index (κ1) is 18.3. The van der Waals surface area contributed by atoms with Crippen molar-refractivity contribution in [1.82, 2.24) is 20.1 Å². The van der Waals surface area contributed by atoms with Gasteiger partial charge in [0, 0.05) is 24.0 Å². The molecule has 0 aliphatic heterocycles. The molecule has 1 amide bonds. The molecule has 0 fully saturated rings. The first-order valence-corrected chi connectivity index (χ1v) is 8.56. The van der Waals surface area contributed by atoms with Crippen molar-refractivity contribution in [2.24, 2.45) is 0 Å². The van der Waals surface area contributed by atoms with Crippen molar-refractivity contribution in [2.75, 3.05) is 13.2 Å². The number of aryl methyl sites for hydroxylation is 1. The average Bonchev–Trinajstić information content (AvgIpc) is 2.69. The predicted octanol–water partition coefficient (Wildman–Crippen LogP) is 1.81. The van der Waals surface area contributed by atoms with Gasteiger partial charge >= 0.3 is 0 Å². The minimum absolute atomic E-state index is 0.151. The van der Waals surface area contributed by atoms with Gasteiger partial charge in [0.2, 0.25) is 5.91 Å². The predicted molar refractivity (Wildman–Crippen MR) is 101 cm³/mol. The molecule has 0 saturated carbocycles. The number of benzene rings is 1. The van der Waals surface area contributed by atoms with E-state index in [1.165, 1.54) is 6.07 Å². The average molecular weight is 364 g/mol. The zero-order chi connectivity index (χ0) is 19.1. The van der Waals surface area contributed by atoms with Crippen LogP contribution in [0.4, 0.5) is 0 Å². The summed E-state index contributed by atoms with van der Waals surface area (Å²) in [6.07, 6.45) is 3.29. The smallest absolute Gasteiger partial charge is 0.267 e. The van der Waals surface area contributed by atoms with Crippen molar-refractivity contribution < 1.29 is 9.53 Å². The van der Waals surface area contributed by atoms with Gasteiger partial charge in [0.1, 0.15) is 18.9 Å². The van der Waals surface area contributed by atoms with Crippen molar-refractivity contribution in [3.05, 3.63) is 76.8 Å². The van der Waals surface area contributed by atoms with Gasteiger partial charge in [-0.3, -0.25) is 14.6 Å². The highest BCUT2D eigenvalue weighted by atomic mass is 16.5. The Kier molecular flexibility index (Phi) is 5.94. The van der Waals surface area contributed by atoms with Crippen LogP contribution in [0.5, 0.6) is 5.75 Å². The van der Waals surface area contributed by atoms with Gasteiger partial charge in [-0.2, -0.15) is 5.10 Å². The van der Waals surface area contributed by atoms with E-state index >= 15 is 0 Å². The molecular formula is C20H20N4O3.